The number of cyclic esters (lactones) is 1. The number of ketones is 1. The van der Waals surface area contributed by atoms with Crippen molar-refractivity contribution in [1.29, 1.82) is 0 Å². The molecule has 4 atom stereocenters. The number of hydrogen-bond donors (Lipinski definition) is 4. The molecule has 0 aromatic heterocycles. The molecule has 0 spiro atoms. The summed E-state index contributed by atoms with van der Waals surface area (Å²) in [6, 6.07) is 3.26. The molecule has 0 bridgehead atoms. The second-order valence-corrected chi connectivity index (χ2v) is 7.20. The van der Waals surface area contributed by atoms with Gasteiger partial charge in [0.25, 0.3) is 0 Å². The zero-order valence-electron chi connectivity index (χ0n) is 16.5. The number of phenols is 1. The predicted octanol–water partition coefficient (Wildman–Crippen LogP) is 2.19. The van der Waals surface area contributed by atoms with Crippen molar-refractivity contribution in [3.63, 3.8) is 0 Å². The number of esters is 1. The van der Waals surface area contributed by atoms with E-state index >= 15 is 0 Å². The molecule has 0 amide bonds. The Morgan fingerprint density at radius 3 is 2.61 bits per heavy atom. The summed E-state index contributed by atoms with van der Waals surface area (Å²) < 4.78 is 5.50. The zero-order valence-corrected chi connectivity index (χ0v) is 16.5. The molecule has 7 heteroatoms. The monoisotopic (exact) mass is 391 g/mol. The number of fused-ring (bicyclic) bond motifs is 1. The van der Waals surface area contributed by atoms with Gasteiger partial charge in [0.05, 0.1) is 6.10 Å². The van der Waals surface area contributed by atoms with Crippen molar-refractivity contribution in [1.82, 2.24) is 0 Å². The van der Waals surface area contributed by atoms with Gasteiger partial charge in [0.2, 0.25) is 0 Å². The summed E-state index contributed by atoms with van der Waals surface area (Å²) in [5.74, 6) is -1.68. The van der Waals surface area contributed by atoms with Crippen LogP contribution in [-0.4, -0.2) is 51.9 Å². The van der Waals surface area contributed by atoms with Gasteiger partial charge < -0.3 is 25.4 Å². The van der Waals surface area contributed by atoms with Gasteiger partial charge in [0.1, 0.15) is 23.5 Å². The van der Waals surface area contributed by atoms with E-state index in [2.05, 4.69) is 5.32 Å². The number of nitrogens with one attached hydrogen (secondary N) is 1. The van der Waals surface area contributed by atoms with Crippen molar-refractivity contribution >= 4 is 17.4 Å². The fraction of sp³-hybridized carbons (Fsp3) is 0.524. The van der Waals surface area contributed by atoms with Crippen LogP contribution in [0.2, 0.25) is 0 Å². The van der Waals surface area contributed by atoms with Crippen LogP contribution < -0.4 is 5.32 Å². The highest BCUT2D eigenvalue weighted by Gasteiger charge is 2.26. The Hall–Kier alpha value is -2.38. The molecule has 1 aromatic carbocycles. The van der Waals surface area contributed by atoms with E-state index in [1.807, 2.05) is 6.92 Å². The van der Waals surface area contributed by atoms with E-state index in [0.717, 1.165) is 0 Å². The summed E-state index contributed by atoms with van der Waals surface area (Å²) in [7, 11) is 0. The Balaban J connectivity index is 2.41. The fourth-order valence-corrected chi connectivity index (χ4v) is 3.11. The van der Waals surface area contributed by atoms with Gasteiger partial charge in [-0.15, -0.1) is 0 Å². The second-order valence-electron chi connectivity index (χ2n) is 7.20. The molecule has 0 saturated heterocycles. The minimum atomic E-state index is -1.50. The lowest BCUT2D eigenvalue weighted by Gasteiger charge is -2.21. The van der Waals surface area contributed by atoms with Gasteiger partial charge in [-0.2, -0.15) is 0 Å². The minimum Gasteiger partial charge on any atom is -0.507 e. The molecular weight excluding hydrogens is 362 g/mol. The number of aliphatic hydroxyl groups is 2. The highest BCUT2D eigenvalue weighted by atomic mass is 16.5. The maximum absolute atomic E-state index is 12.7. The quantitative estimate of drug-likeness (QED) is 0.571. The number of aromatic hydroxyl groups is 1. The van der Waals surface area contributed by atoms with Crippen LogP contribution >= 0.6 is 0 Å². The molecule has 4 N–H and O–H groups in total. The van der Waals surface area contributed by atoms with E-state index in [1.54, 1.807) is 19.9 Å². The fourth-order valence-electron chi connectivity index (χ4n) is 3.11. The lowest BCUT2D eigenvalue weighted by atomic mass is 9.96. The molecule has 28 heavy (non-hydrogen) atoms. The third-order valence-corrected chi connectivity index (χ3v) is 4.98. The molecule has 0 fully saturated rings. The first-order chi connectivity index (χ1) is 13.2. The zero-order chi connectivity index (χ0) is 20.8. The second kappa shape index (κ2) is 9.71. The van der Waals surface area contributed by atoms with Crippen LogP contribution in [-0.2, 0) is 16.0 Å². The highest BCUT2D eigenvalue weighted by molar-refractivity contribution is 5.95. The number of aliphatic hydroxyl groups excluding tert-OH is 2. The Kier molecular flexibility index (Phi) is 7.60. The van der Waals surface area contributed by atoms with Crippen LogP contribution in [0.1, 0.15) is 49.5 Å². The van der Waals surface area contributed by atoms with Crippen molar-refractivity contribution in [2.45, 2.75) is 58.3 Å². The van der Waals surface area contributed by atoms with E-state index in [4.69, 9.17) is 4.74 Å². The van der Waals surface area contributed by atoms with E-state index < -0.39 is 30.1 Å². The van der Waals surface area contributed by atoms with Crippen LogP contribution in [0.3, 0.4) is 0 Å². The maximum Gasteiger partial charge on any atom is 0.342 e. The van der Waals surface area contributed by atoms with Gasteiger partial charge in [-0.1, -0.05) is 13.0 Å². The molecule has 1 aromatic rings. The van der Waals surface area contributed by atoms with E-state index in [0.29, 0.717) is 30.6 Å². The third-order valence-electron chi connectivity index (χ3n) is 4.98. The Labute approximate surface area is 165 Å². The van der Waals surface area contributed by atoms with Crippen LogP contribution in [0, 0.1) is 5.92 Å². The molecule has 7 nitrogen and oxygen atoms in total. The Bertz CT molecular complexity index is 745. The van der Waals surface area contributed by atoms with Gasteiger partial charge in [-0.05, 0) is 50.8 Å². The number of ether oxygens (including phenoxy) is 1. The van der Waals surface area contributed by atoms with Crippen LogP contribution in [0.4, 0.5) is 5.69 Å². The molecule has 1 aliphatic heterocycles. The van der Waals surface area contributed by atoms with E-state index in [-0.39, 0.29) is 23.7 Å². The average Bonchev–Trinajstić information content (AvgIpc) is 2.64. The number of phenolic OH excluding ortho intramolecular Hbond substituents is 1. The number of carbonyl (C=O) groups excluding carboxylic acids is 2. The summed E-state index contributed by atoms with van der Waals surface area (Å²) in [5.41, 5.74) is 1.36. The van der Waals surface area contributed by atoms with Crippen molar-refractivity contribution in [2.24, 2.45) is 5.92 Å². The number of aryl methyl sites for hydroxylation is 1. The number of rotatable bonds is 2. The smallest absolute Gasteiger partial charge is 0.342 e. The predicted molar refractivity (Wildman–Crippen MR) is 105 cm³/mol. The Morgan fingerprint density at radius 1 is 1.21 bits per heavy atom. The first-order valence-corrected chi connectivity index (χ1v) is 9.63. The largest absolute Gasteiger partial charge is 0.507 e. The maximum atomic E-state index is 12.7. The van der Waals surface area contributed by atoms with Gasteiger partial charge >= 0.3 is 5.97 Å². The molecule has 0 saturated carbocycles. The van der Waals surface area contributed by atoms with Crippen LogP contribution in [0.15, 0.2) is 24.3 Å². The first kappa shape index (κ1) is 21.9. The summed E-state index contributed by atoms with van der Waals surface area (Å²) >= 11 is 0. The summed E-state index contributed by atoms with van der Waals surface area (Å²) in [4.78, 5) is 24.7. The number of anilines is 1. The molecule has 1 aliphatic rings. The van der Waals surface area contributed by atoms with Crippen molar-refractivity contribution in [3.8, 4) is 5.75 Å². The lowest BCUT2D eigenvalue weighted by molar-refractivity contribution is -0.128. The number of benzene rings is 1. The summed E-state index contributed by atoms with van der Waals surface area (Å²) in [6.07, 6.45) is 0.458. The third kappa shape index (κ3) is 5.33. The van der Waals surface area contributed by atoms with Gasteiger partial charge in [-0.25, -0.2) is 4.79 Å². The van der Waals surface area contributed by atoms with Crippen LogP contribution in [0.25, 0.3) is 0 Å². The topological polar surface area (TPSA) is 116 Å². The van der Waals surface area contributed by atoms with Crippen LogP contribution in [0.5, 0.6) is 5.75 Å². The highest BCUT2D eigenvalue weighted by Crippen LogP contribution is 2.30. The molecule has 0 aliphatic carbocycles. The normalized spacial score (nSPS) is 28.0. The molecule has 2 rings (SSSR count). The average molecular weight is 391 g/mol. The molecular formula is C21H29NO6. The SMILES string of the molecule is CCNc1cc(O)c2c(c1)CCC[C@H](O)C(O)C(=O)/C=C\[C@@H](C)[C@H](C)OC2=O. The standard InChI is InChI=1S/C21H29NO6/c1-4-22-15-10-14-6-5-7-16(23)20(26)17(24)9-8-12(2)13(3)28-21(27)19(14)18(25)11-15/h8-13,16,20,22-23,25-26H,4-7H2,1-3H3/b9-8-/t12-,13+,16+,20?/m1/s1. The van der Waals surface area contributed by atoms with Crippen molar-refractivity contribution < 1.29 is 29.6 Å². The van der Waals surface area contributed by atoms with Gasteiger partial charge in [0.15, 0.2) is 5.78 Å². The summed E-state index contributed by atoms with van der Waals surface area (Å²) in [5, 5.41) is 33.7. The molecule has 1 unspecified atom stereocenters. The number of hydrogen-bond acceptors (Lipinski definition) is 7. The molecule has 154 valence electrons. The van der Waals surface area contributed by atoms with Crippen molar-refractivity contribution in [2.75, 3.05) is 11.9 Å². The first-order valence-electron chi connectivity index (χ1n) is 9.63. The van der Waals surface area contributed by atoms with Gasteiger partial charge in [0, 0.05) is 24.2 Å². The number of carbonyl (C=O) groups is 2. The molecule has 1 heterocycles. The van der Waals surface area contributed by atoms with E-state index in [9.17, 15) is 24.9 Å². The lowest BCUT2D eigenvalue weighted by Crippen LogP contribution is -2.33. The van der Waals surface area contributed by atoms with E-state index in [1.165, 1.54) is 18.2 Å². The Morgan fingerprint density at radius 2 is 1.93 bits per heavy atom. The molecule has 0 radical (unpaired) electrons. The van der Waals surface area contributed by atoms with Gasteiger partial charge in [-0.3, -0.25) is 4.79 Å². The minimum absolute atomic E-state index is 0.104. The van der Waals surface area contributed by atoms with Crippen molar-refractivity contribution in [3.05, 3.63) is 35.4 Å². The summed E-state index contributed by atoms with van der Waals surface area (Å²) in [6.45, 7) is 6.03.